The first-order chi connectivity index (χ1) is 19.8. The number of piperidine rings is 1. The van der Waals surface area contributed by atoms with Gasteiger partial charge in [0.1, 0.15) is 11.3 Å². The second-order valence-electron chi connectivity index (χ2n) is 11.4. The van der Waals surface area contributed by atoms with Crippen molar-refractivity contribution in [1.29, 1.82) is 0 Å². The number of imidazole rings is 1. The summed E-state index contributed by atoms with van der Waals surface area (Å²) in [5, 5.41) is 1.93. The molecule has 0 radical (unpaired) electrons. The predicted octanol–water partition coefficient (Wildman–Crippen LogP) is 2.97. The molecular formula is C30H35N5O5S. The number of sulfone groups is 1. The molecule has 3 aliphatic rings. The number of hydrogen-bond acceptors (Lipinski definition) is 5. The van der Waals surface area contributed by atoms with Crippen molar-refractivity contribution in [2.45, 2.75) is 43.0 Å². The fraction of sp³-hybridized carbons (Fsp3) is 0.433. The molecule has 3 amide bonds. The Hall–Kier alpha value is -3.86. The van der Waals surface area contributed by atoms with Gasteiger partial charge in [0.25, 0.3) is 0 Å². The van der Waals surface area contributed by atoms with E-state index >= 15 is 0 Å². The van der Waals surface area contributed by atoms with Gasteiger partial charge in [-0.1, -0.05) is 60.7 Å². The highest BCUT2D eigenvalue weighted by molar-refractivity contribution is 7.91. The molecule has 11 heteroatoms. The topological polar surface area (TPSA) is 125 Å². The quantitative estimate of drug-likeness (QED) is 0.466. The average Bonchev–Trinajstić information content (AvgIpc) is 3.74. The molecular weight excluding hydrogens is 542 g/mol. The van der Waals surface area contributed by atoms with Crippen LogP contribution < -0.4 is 11.0 Å². The van der Waals surface area contributed by atoms with Crippen LogP contribution in [-0.2, 0) is 14.6 Å². The minimum Gasteiger partial charge on any atom is -0.339 e. The normalized spacial score (nSPS) is 23.3. The number of urea groups is 1. The largest absolute Gasteiger partial charge is 0.339 e. The second-order valence-corrected chi connectivity index (χ2v) is 13.6. The van der Waals surface area contributed by atoms with Crippen LogP contribution in [-0.4, -0.2) is 77.7 Å². The van der Waals surface area contributed by atoms with Crippen LogP contribution in [0.15, 0.2) is 71.7 Å². The molecule has 0 bridgehead atoms. The van der Waals surface area contributed by atoms with Crippen LogP contribution in [0.2, 0.25) is 0 Å². The molecule has 3 fully saturated rings. The molecule has 2 aromatic carbocycles. The Labute approximate surface area is 239 Å². The van der Waals surface area contributed by atoms with E-state index < -0.39 is 32.9 Å². The van der Waals surface area contributed by atoms with Crippen molar-refractivity contribution in [3.8, 4) is 11.3 Å². The number of benzene rings is 2. The monoisotopic (exact) mass is 577 g/mol. The van der Waals surface area contributed by atoms with Gasteiger partial charge in [-0.05, 0) is 42.7 Å². The van der Waals surface area contributed by atoms with E-state index in [-0.39, 0.29) is 24.2 Å². The number of aromatic nitrogens is 2. The van der Waals surface area contributed by atoms with E-state index in [4.69, 9.17) is 0 Å². The molecule has 2 aliphatic heterocycles. The van der Waals surface area contributed by atoms with E-state index in [1.54, 1.807) is 38.6 Å². The molecule has 3 heterocycles. The summed E-state index contributed by atoms with van der Waals surface area (Å²) in [6, 6.07) is 17.0. The molecule has 0 unspecified atom stereocenters. The van der Waals surface area contributed by atoms with Gasteiger partial charge < -0.3 is 20.1 Å². The number of H-pyrrole nitrogens is 1. The van der Waals surface area contributed by atoms with Gasteiger partial charge in [-0.15, -0.1) is 0 Å². The lowest BCUT2D eigenvalue weighted by Crippen LogP contribution is -2.54. The van der Waals surface area contributed by atoms with Crippen LogP contribution >= 0.6 is 0 Å². The number of likely N-dealkylation sites (tertiary alicyclic amines) is 1. The highest BCUT2D eigenvalue weighted by Gasteiger charge is 2.43. The van der Waals surface area contributed by atoms with Crippen molar-refractivity contribution in [3.63, 3.8) is 0 Å². The maximum absolute atomic E-state index is 13.6. The lowest BCUT2D eigenvalue weighted by Gasteiger charge is -2.33. The molecule has 6 rings (SSSR count). The van der Waals surface area contributed by atoms with Crippen LogP contribution in [0.25, 0.3) is 11.3 Å². The standard InChI is InChI=1S/C30H35N5O5S/c36-28-26(20-41(39,40)27(23-9-5-2-6-10-23)19-34(28)17-21-11-12-21)32-29(37)33-15-13-24(14-16-33)35-18-25(31-30(35)38)22-7-3-1-4-8-22/h1-10,18,21,24,26-27H,11-17,19-20H2,(H,31,38)(H,32,37)/t26-,27-/m1/s1. The molecule has 1 aromatic heterocycles. The van der Waals surface area contributed by atoms with E-state index in [1.807, 2.05) is 42.6 Å². The van der Waals surface area contributed by atoms with E-state index in [2.05, 4.69) is 10.3 Å². The molecule has 1 aliphatic carbocycles. The fourth-order valence-electron chi connectivity index (χ4n) is 5.94. The van der Waals surface area contributed by atoms with Gasteiger partial charge in [-0.3, -0.25) is 9.36 Å². The smallest absolute Gasteiger partial charge is 0.326 e. The lowest BCUT2D eigenvalue weighted by atomic mass is 10.1. The van der Waals surface area contributed by atoms with Crippen LogP contribution in [0.4, 0.5) is 4.79 Å². The van der Waals surface area contributed by atoms with Crippen molar-refractivity contribution < 1.29 is 18.0 Å². The zero-order chi connectivity index (χ0) is 28.6. The number of hydrogen-bond donors (Lipinski definition) is 2. The molecule has 2 atom stereocenters. The third-order valence-corrected chi connectivity index (χ3v) is 10.5. The summed E-state index contributed by atoms with van der Waals surface area (Å²) < 4.78 is 28.7. The Kier molecular flexibility index (Phi) is 7.46. The summed E-state index contributed by atoms with van der Waals surface area (Å²) in [6.45, 7) is 1.38. The number of aromatic amines is 1. The molecule has 10 nitrogen and oxygen atoms in total. The van der Waals surface area contributed by atoms with Crippen LogP contribution in [0.3, 0.4) is 0 Å². The van der Waals surface area contributed by atoms with Crippen molar-refractivity contribution in [2.24, 2.45) is 5.92 Å². The Morgan fingerprint density at radius 3 is 2.24 bits per heavy atom. The summed E-state index contributed by atoms with van der Waals surface area (Å²) in [5.74, 6) is -0.393. The van der Waals surface area contributed by atoms with E-state index in [0.717, 1.165) is 24.1 Å². The van der Waals surface area contributed by atoms with Gasteiger partial charge in [-0.25, -0.2) is 18.0 Å². The summed E-state index contributed by atoms with van der Waals surface area (Å²) in [5.41, 5.74) is 2.14. The van der Waals surface area contributed by atoms with Gasteiger partial charge in [-0.2, -0.15) is 0 Å². The zero-order valence-corrected chi connectivity index (χ0v) is 23.6. The maximum Gasteiger partial charge on any atom is 0.326 e. The first-order valence-electron chi connectivity index (χ1n) is 14.3. The van der Waals surface area contributed by atoms with Crippen molar-refractivity contribution in [3.05, 3.63) is 82.9 Å². The molecule has 1 saturated carbocycles. The SMILES string of the molecule is O=C(N[C@@H]1CS(=O)(=O)[C@@H](c2ccccc2)CN(CC2CC2)C1=O)N1CCC(n2cc(-c3ccccc3)[nH]c2=O)CC1. The molecule has 2 saturated heterocycles. The number of carbonyl (C=O) groups excluding carboxylic acids is 2. The Morgan fingerprint density at radius 1 is 0.927 bits per heavy atom. The molecule has 216 valence electrons. The minimum absolute atomic E-state index is 0.0687. The highest BCUT2D eigenvalue weighted by atomic mass is 32.2. The Balaban J connectivity index is 1.13. The summed E-state index contributed by atoms with van der Waals surface area (Å²) in [6.07, 6.45) is 5.01. The van der Waals surface area contributed by atoms with E-state index in [9.17, 15) is 22.8 Å². The molecule has 3 aromatic rings. The number of rotatable bonds is 6. The zero-order valence-electron chi connectivity index (χ0n) is 22.8. The predicted molar refractivity (Wildman–Crippen MR) is 155 cm³/mol. The number of amides is 3. The molecule has 0 spiro atoms. The Bertz CT molecular complexity index is 1560. The van der Waals surface area contributed by atoms with Gasteiger partial charge in [0.05, 0.1) is 11.4 Å². The van der Waals surface area contributed by atoms with E-state index in [0.29, 0.717) is 44.0 Å². The second kappa shape index (κ2) is 11.2. The minimum atomic E-state index is -3.73. The third kappa shape index (κ3) is 5.95. The van der Waals surface area contributed by atoms with Crippen molar-refractivity contribution in [1.82, 2.24) is 24.7 Å². The first kappa shape index (κ1) is 27.3. The Morgan fingerprint density at radius 2 is 1.59 bits per heavy atom. The molecule has 2 N–H and O–H groups in total. The summed E-state index contributed by atoms with van der Waals surface area (Å²) >= 11 is 0. The maximum atomic E-state index is 13.6. The number of nitrogens with zero attached hydrogens (tertiary/aromatic N) is 3. The lowest BCUT2D eigenvalue weighted by molar-refractivity contribution is -0.132. The van der Waals surface area contributed by atoms with Crippen LogP contribution in [0, 0.1) is 5.92 Å². The van der Waals surface area contributed by atoms with Gasteiger partial charge in [0, 0.05) is 38.4 Å². The molecule has 41 heavy (non-hydrogen) atoms. The number of nitrogens with one attached hydrogen (secondary N) is 2. The third-order valence-electron chi connectivity index (χ3n) is 8.45. The summed E-state index contributed by atoms with van der Waals surface area (Å²) in [4.78, 5) is 45.7. The van der Waals surface area contributed by atoms with Crippen LogP contribution in [0.1, 0.15) is 42.5 Å². The van der Waals surface area contributed by atoms with Gasteiger partial charge >= 0.3 is 11.7 Å². The van der Waals surface area contributed by atoms with Crippen molar-refractivity contribution in [2.75, 3.05) is 31.9 Å². The first-order valence-corrected chi connectivity index (χ1v) is 16.0. The van der Waals surface area contributed by atoms with Crippen LogP contribution in [0.5, 0.6) is 0 Å². The van der Waals surface area contributed by atoms with Crippen molar-refractivity contribution >= 4 is 21.8 Å². The summed E-state index contributed by atoms with van der Waals surface area (Å²) in [7, 11) is -3.73. The highest BCUT2D eigenvalue weighted by Crippen LogP contribution is 2.34. The number of carbonyl (C=O) groups is 2. The average molecular weight is 578 g/mol. The van der Waals surface area contributed by atoms with Gasteiger partial charge in [0.15, 0.2) is 9.84 Å². The van der Waals surface area contributed by atoms with E-state index in [1.165, 1.54) is 0 Å². The fourth-order valence-corrected chi connectivity index (χ4v) is 7.84. The van der Waals surface area contributed by atoms with Gasteiger partial charge in [0.2, 0.25) is 5.91 Å².